The van der Waals surface area contributed by atoms with Gasteiger partial charge in [0.25, 0.3) is 0 Å². The summed E-state index contributed by atoms with van der Waals surface area (Å²) in [6.07, 6.45) is 7.16. The van der Waals surface area contributed by atoms with E-state index < -0.39 is 6.29 Å². The Kier molecular flexibility index (Phi) is 6.09. The Bertz CT molecular complexity index is 364. The van der Waals surface area contributed by atoms with Crippen LogP contribution in [0.1, 0.15) is 25.0 Å². The van der Waals surface area contributed by atoms with Crippen LogP contribution in [-0.2, 0) is 9.47 Å². The van der Waals surface area contributed by atoms with Gasteiger partial charge in [0, 0.05) is 6.61 Å². The highest BCUT2D eigenvalue weighted by atomic mass is 16.7. The summed E-state index contributed by atoms with van der Waals surface area (Å²) in [6.45, 7) is 6.15. The van der Waals surface area contributed by atoms with E-state index in [1.165, 1.54) is 0 Å². The highest BCUT2D eigenvalue weighted by Gasteiger charge is 2.15. The molecule has 0 N–H and O–H groups in total. The summed E-state index contributed by atoms with van der Waals surface area (Å²) >= 11 is 0. The smallest absolute Gasteiger partial charge is 0.222 e. The van der Waals surface area contributed by atoms with Gasteiger partial charge >= 0.3 is 0 Å². The van der Waals surface area contributed by atoms with Crippen LogP contribution >= 0.6 is 0 Å². The van der Waals surface area contributed by atoms with Crippen molar-refractivity contribution in [1.82, 2.24) is 0 Å². The van der Waals surface area contributed by atoms with E-state index in [0.717, 1.165) is 5.56 Å². The second-order valence-electron chi connectivity index (χ2n) is 3.51. The van der Waals surface area contributed by atoms with E-state index in [1.54, 1.807) is 0 Å². The molecule has 0 aromatic heterocycles. The van der Waals surface area contributed by atoms with Gasteiger partial charge in [0.05, 0.1) is 6.10 Å². The molecule has 2 nitrogen and oxygen atoms in total. The van der Waals surface area contributed by atoms with Crippen LogP contribution in [0.25, 0.3) is 0 Å². The average Bonchev–Trinajstić information content (AvgIpc) is 2.38. The SMILES string of the molecule is C#C[C@@H](OCC)O[C@H](CC=C)c1ccccc1. The van der Waals surface area contributed by atoms with Crippen molar-refractivity contribution < 1.29 is 9.47 Å². The van der Waals surface area contributed by atoms with Gasteiger partial charge in [-0.2, -0.15) is 0 Å². The Hall–Kier alpha value is -1.56. The summed E-state index contributed by atoms with van der Waals surface area (Å²) in [7, 11) is 0. The van der Waals surface area contributed by atoms with Crippen LogP contribution in [0.5, 0.6) is 0 Å². The maximum atomic E-state index is 5.74. The first-order chi connectivity index (χ1) is 8.31. The van der Waals surface area contributed by atoms with Gasteiger partial charge in [0.1, 0.15) is 0 Å². The molecule has 0 radical (unpaired) electrons. The lowest BCUT2D eigenvalue weighted by atomic mass is 10.1. The molecule has 2 heteroatoms. The van der Waals surface area contributed by atoms with E-state index in [9.17, 15) is 0 Å². The molecule has 0 amide bonds. The molecule has 0 aliphatic rings. The topological polar surface area (TPSA) is 18.5 Å². The zero-order valence-corrected chi connectivity index (χ0v) is 10.1. The van der Waals surface area contributed by atoms with Crippen LogP contribution < -0.4 is 0 Å². The number of benzene rings is 1. The zero-order chi connectivity index (χ0) is 12.5. The Labute approximate surface area is 103 Å². The quantitative estimate of drug-likeness (QED) is 0.406. The second kappa shape index (κ2) is 7.67. The van der Waals surface area contributed by atoms with Gasteiger partial charge in [0.2, 0.25) is 6.29 Å². The lowest BCUT2D eigenvalue weighted by molar-refractivity contribution is -0.134. The standard InChI is InChI=1S/C15H18O2/c1-4-10-14(13-11-8-7-9-12-13)17-15(5-2)16-6-3/h2,4,7-9,11-12,14-15H,1,6,10H2,3H3/t14-,15+/m1/s1. The molecule has 0 spiro atoms. The van der Waals surface area contributed by atoms with Gasteiger partial charge in [-0.25, -0.2) is 0 Å². The van der Waals surface area contributed by atoms with Crippen molar-refractivity contribution >= 4 is 0 Å². The molecule has 0 saturated carbocycles. The summed E-state index contributed by atoms with van der Waals surface area (Å²) in [6, 6.07) is 9.93. The van der Waals surface area contributed by atoms with Crippen LogP contribution in [0.4, 0.5) is 0 Å². The fourth-order valence-electron chi connectivity index (χ4n) is 1.52. The van der Waals surface area contributed by atoms with Crippen LogP contribution in [0.15, 0.2) is 43.0 Å². The minimum Gasteiger partial charge on any atom is -0.342 e. The molecule has 1 aromatic rings. The van der Waals surface area contributed by atoms with Crippen molar-refractivity contribution in [3.8, 4) is 12.3 Å². The summed E-state index contributed by atoms with van der Waals surface area (Å²) in [5.41, 5.74) is 1.08. The second-order valence-corrected chi connectivity index (χ2v) is 3.51. The van der Waals surface area contributed by atoms with Crippen molar-refractivity contribution in [2.45, 2.75) is 25.7 Å². The molecular formula is C15H18O2. The fourth-order valence-corrected chi connectivity index (χ4v) is 1.52. The van der Waals surface area contributed by atoms with Gasteiger partial charge in [-0.15, -0.1) is 13.0 Å². The highest BCUT2D eigenvalue weighted by Crippen LogP contribution is 2.23. The van der Waals surface area contributed by atoms with Crippen LogP contribution in [0.3, 0.4) is 0 Å². The van der Waals surface area contributed by atoms with E-state index in [2.05, 4.69) is 12.5 Å². The number of hydrogen-bond acceptors (Lipinski definition) is 2. The van der Waals surface area contributed by atoms with Gasteiger partial charge in [-0.1, -0.05) is 36.4 Å². The summed E-state index contributed by atoms with van der Waals surface area (Å²) < 4.78 is 11.0. The number of terminal acetylenes is 1. The first-order valence-corrected chi connectivity index (χ1v) is 5.70. The molecule has 0 bridgehead atoms. The minimum absolute atomic E-state index is 0.110. The van der Waals surface area contributed by atoms with Crippen LogP contribution in [-0.4, -0.2) is 12.9 Å². The molecule has 0 aliphatic heterocycles. The first kappa shape index (κ1) is 13.5. The van der Waals surface area contributed by atoms with E-state index in [4.69, 9.17) is 15.9 Å². The van der Waals surface area contributed by atoms with Crippen LogP contribution in [0, 0.1) is 12.3 Å². The first-order valence-electron chi connectivity index (χ1n) is 5.70. The fraction of sp³-hybridized carbons (Fsp3) is 0.333. The van der Waals surface area contributed by atoms with Gasteiger partial charge in [-0.3, -0.25) is 0 Å². The van der Waals surface area contributed by atoms with E-state index in [-0.39, 0.29) is 6.10 Å². The van der Waals surface area contributed by atoms with Gasteiger partial charge in [-0.05, 0) is 24.8 Å². The number of ether oxygens (including phenoxy) is 2. The maximum absolute atomic E-state index is 5.74. The third-order valence-corrected chi connectivity index (χ3v) is 2.29. The molecule has 1 aromatic carbocycles. The Balaban J connectivity index is 2.73. The largest absolute Gasteiger partial charge is 0.342 e. The number of hydrogen-bond donors (Lipinski definition) is 0. The highest BCUT2D eigenvalue weighted by molar-refractivity contribution is 5.18. The van der Waals surface area contributed by atoms with E-state index in [0.29, 0.717) is 13.0 Å². The predicted molar refractivity (Wildman–Crippen MR) is 69.3 cm³/mol. The molecular weight excluding hydrogens is 212 g/mol. The van der Waals surface area contributed by atoms with Crippen molar-refractivity contribution in [2.75, 3.05) is 6.61 Å². The lowest BCUT2D eigenvalue weighted by Crippen LogP contribution is -2.18. The van der Waals surface area contributed by atoms with Crippen LogP contribution in [0.2, 0.25) is 0 Å². The molecule has 0 fully saturated rings. The Morgan fingerprint density at radius 1 is 1.41 bits per heavy atom. The third kappa shape index (κ3) is 4.44. The molecule has 2 atom stereocenters. The van der Waals surface area contributed by atoms with Gasteiger partial charge in [0.15, 0.2) is 0 Å². The molecule has 0 unspecified atom stereocenters. The summed E-state index contributed by atoms with van der Waals surface area (Å²) in [4.78, 5) is 0. The lowest BCUT2D eigenvalue weighted by Gasteiger charge is -2.20. The van der Waals surface area contributed by atoms with Crippen molar-refractivity contribution in [1.29, 1.82) is 0 Å². The normalized spacial score (nSPS) is 13.6. The molecule has 1 rings (SSSR count). The van der Waals surface area contributed by atoms with Gasteiger partial charge < -0.3 is 9.47 Å². The molecule has 17 heavy (non-hydrogen) atoms. The molecule has 0 saturated heterocycles. The van der Waals surface area contributed by atoms with E-state index >= 15 is 0 Å². The minimum atomic E-state index is -0.606. The summed E-state index contributed by atoms with van der Waals surface area (Å²) in [5, 5.41) is 0. The predicted octanol–water partition coefficient (Wildman–Crippen LogP) is 3.32. The third-order valence-electron chi connectivity index (χ3n) is 2.29. The van der Waals surface area contributed by atoms with E-state index in [1.807, 2.05) is 43.3 Å². The molecule has 0 heterocycles. The number of rotatable bonds is 7. The average molecular weight is 230 g/mol. The van der Waals surface area contributed by atoms with Crippen molar-refractivity contribution in [3.63, 3.8) is 0 Å². The monoisotopic (exact) mass is 230 g/mol. The Morgan fingerprint density at radius 3 is 2.65 bits per heavy atom. The van der Waals surface area contributed by atoms with Crippen molar-refractivity contribution in [2.24, 2.45) is 0 Å². The summed E-state index contributed by atoms with van der Waals surface area (Å²) in [5.74, 6) is 2.48. The molecule has 90 valence electrons. The molecule has 0 aliphatic carbocycles. The zero-order valence-electron chi connectivity index (χ0n) is 10.1. The Morgan fingerprint density at radius 2 is 2.12 bits per heavy atom. The van der Waals surface area contributed by atoms with Crippen molar-refractivity contribution in [3.05, 3.63) is 48.6 Å². The maximum Gasteiger partial charge on any atom is 0.222 e.